The molecule has 2 nitrogen and oxygen atoms in total. The summed E-state index contributed by atoms with van der Waals surface area (Å²) in [7, 11) is 0. The van der Waals surface area contributed by atoms with Crippen LogP contribution in [0.25, 0.3) is 21.5 Å². The van der Waals surface area contributed by atoms with Crippen LogP contribution in [0.2, 0.25) is 0 Å². The first-order chi connectivity index (χ1) is 14.7. The first-order valence-electron chi connectivity index (χ1n) is 11.3. The lowest BCUT2D eigenvalue weighted by Crippen LogP contribution is -2.04. The minimum absolute atomic E-state index is 0.739. The molecule has 0 aliphatic carbocycles. The maximum absolute atomic E-state index is 6.42. The second-order valence-electron chi connectivity index (χ2n) is 7.86. The summed E-state index contributed by atoms with van der Waals surface area (Å²) in [6.45, 7) is 5.96. The highest BCUT2D eigenvalue weighted by atomic mass is 127. The summed E-state index contributed by atoms with van der Waals surface area (Å²) in [6.07, 6.45) is 9.60. The minimum Gasteiger partial charge on any atom is -0.489 e. The third-order valence-corrected chi connectivity index (χ3v) is 6.78. The molecule has 0 spiro atoms. The summed E-state index contributed by atoms with van der Waals surface area (Å²) < 4.78 is 15.3. The molecule has 0 saturated heterocycles. The maximum Gasteiger partial charge on any atom is 0.169 e. The lowest BCUT2D eigenvalue weighted by Gasteiger charge is -2.19. The Morgan fingerprint density at radius 1 is 0.567 bits per heavy atom. The summed E-state index contributed by atoms with van der Waals surface area (Å²) >= 11 is 4.79. The number of unbranched alkanes of at least 4 members (excludes halogenated alkanes) is 6. The van der Waals surface area contributed by atoms with E-state index in [-0.39, 0.29) is 0 Å². The molecule has 0 unspecified atom stereocenters. The Bertz CT molecular complexity index is 890. The summed E-state index contributed by atoms with van der Waals surface area (Å²) in [6, 6.07) is 13.3. The maximum atomic E-state index is 6.42. The van der Waals surface area contributed by atoms with Gasteiger partial charge in [0.2, 0.25) is 0 Å². The van der Waals surface area contributed by atoms with Gasteiger partial charge in [-0.2, -0.15) is 0 Å². The van der Waals surface area contributed by atoms with Crippen LogP contribution in [0, 0.1) is 7.14 Å². The molecule has 3 aromatic carbocycles. The molecule has 0 heterocycles. The molecule has 0 atom stereocenters. The molecule has 0 aromatic heterocycles. The van der Waals surface area contributed by atoms with Crippen molar-refractivity contribution in [1.82, 2.24) is 0 Å². The van der Waals surface area contributed by atoms with E-state index in [1.807, 2.05) is 0 Å². The third kappa shape index (κ3) is 6.15. The molecule has 0 aliphatic heterocycles. The first kappa shape index (κ1) is 23.9. The highest BCUT2D eigenvalue weighted by Crippen LogP contribution is 2.44. The van der Waals surface area contributed by atoms with E-state index in [1.54, 1.807) is 0 Å². The molecule has 0 fully saturated rings. The number of benzene rings is 3. The second-order valence-corrected chi connectivity index (χ2v) is 10.3. The van der Waals surface area contributed by atoms with Gasteiger partial charge in [0, 0.05) is 17.9 Å². The number of halogens is 2. The number of hydrogen-bond donors (Lipinski definition) is 0. The fourth-order valence-corrected chi connectivity index (χ4v) is 4.79. The monoisotopic (exact) mass is 630 g/mol. The average Bonchev–Trinajstić information content (AvgIpc) is 2.74. The van der Waals surface area contributed by atoms with E-state index in [1.165, 1.54) is 56.4 Å². The van der Waals surface area contributed by atoms with Crippen LogP contribution in [0.4, 0.5) is 0 Å². The molecular formula is C26H32I2O2. The predicted molar refractivity (Wildman–Crippen MR) is 146 cm³/mol. The fraction of sp³-hybridized carbons (Fsp3) is 0.462. The summed E-state index contributed by atoms with van der Waals surface area (Å²) in [5, 5.41) is 4.81. The zero-order valence-electron chi connectivity index (χ0n) is 18.1. The van der Waals surface area contributed by atoms with Gasteiger partial charge in [0.25, 0.3) is 0 Å². The molecule has 0 N–H and O–H groups in total. The van der Waals surface area contributed by atoms with E-state index >= 15 is 0 Å². The van der Waals surface area contributed by atoms with Crippen molar-refractivity contribution < 1.29 is 9.47 Å². The van der Waals surface area contributed by atoms with Crippen molar-refractivity contribution in [2.75, 3.05) is 13.2 Å². The SMILES string of the molecule is CCCCCCOc1c(OCCCCCC)c2ccc(I)cc2c2cc(I)ccc12. The van der Waals surface area contributed by atoms with Crippen molar-refractivity contribution in [3.63, 3.8) is 0 Å². The topological polar surface area (TPSA) is 18.5 Å². The molecule has 3 aromatic rings. The van der Waals surface area contributed by atoms with Gasteiger partial charge in [-0.25, -0.2) is 0 Å². The van der Waals surface area contributed by atoms with Crippen LogP contribution in [0.1, 0.15) is 65.2 Å². The Morgan fingerprint density at radius 3 is 1.40 bits per heavy atom. The fourth-order valence-electron chi connectivity index (χ4n) is 3.81. The minimum atomic E-state index is 0.739. The first-order valence-corrected chi connectivity index (χ1v) is 13.4. The van der Waals surface area contributed by atoms with Gasteiger partial charge in [-0.1, -0.05) is 52.4 Å². The largest absolute Gasteiger partial charge is 0.489 e. The van der Waals surface area contributed by atoms with Gasteiger partial charge in [0.15, 0.2) is 11.5 Å². The zero-order chi connectivity index (χ0) is 21.3. The van der Waals surface area contributed by atoms with Gasteiger partial charge in [0.1, 0.15) is 0 Å². The molecule has 4 heteroatoms. The van der Waals surface area contributed by atoms with Crippen LogP contribution >= 0.6 is 45.2 Å². The normalized spacial score (nSPS) is 11.3. The van der Waals surface area contributed by atoms with Gasteiger partial charge >= 0.3 is 0 Å². The Labute approximate surface area is 208 Å². The van der Waals surface area contributed by atoms with E-state index in [4.69, 9.17) is 9.47 Å². The second kappa shape index (κ2) is 12.3. The van der Waals surface area contributed by atoms with Crippen molar-refractivity contribution in [3.8, 4) is 11.5 Å². The molecule has 0 aliphatic rings. The van der Waals surface area contributed by atoms with E-state index in [2.05, 4.69) is 95.4 Å². The van der Waals surface area contributed by atoms with Gasteiger partial charge in [-0.15, -0.1) is 0 Å². The van der Waals surface area contributed by atoms with Crippen molar-refractivity contribution in [2.24, 2.45) is 0 Å². The molecule has 0 bridgehead atoms. The average molecular weight is 630 g/mol. The Kier molecular flexibility index (Phi) is 9.81. The summed E-state index contributed by atoms with van der Waals surface area (Å²) in [5.41, 5.74) is 0. The molecule has 162 valence electrons. The number of ether oxygens (including phenoxy) is 2. The van der Waals surface area contributed by atoms with Crippen LogP contribution in [-0.4, -0.2) is 13.2 Å². The summed E-state index contributed by atoms with van der Waals surface area (Å²) in [4.78, 5) is 0. The van der Waals surface area contributed by atoms with Gasteiger partial charge < -0.3 is 9.47 Å². The van der Waals surface area contributed by atoms with Gasteiger partial charge in [-0.05, 0) is 105 Å². The molecule has 3 rings (SSSR count). The van der Waals surface area contributed by atoms with Crippen molar-refractivity contribution in [1.29, 1.82) is 0 Å². The van der Waals surface area contributed by atoms with E-state index < -0.39 is 0 Å². The van der Waals surface area contributed by atoms with Crippen molar-refractivity contribution in [2.45, 2.75) is 65.2 Å². The lowest BCUT2D eigenvalue weighted by atomic mass is 10.00. The van der Waals surface area contributed by atoms with E-state index in [0.29, 0.717) is 0 Å². The molecular weight excluding hydrogens is 598 g/mol. The highest BCUT2D eigenvalue weighted by molar-refractivity contribution is 14.1. The van der Waals surface area contributed by atoms with Crippen molar-refractivity contribution >= 4 is 66.7 Å². The molecule has 30 heavy (non-hydrogen) atoms. The van der Waals surface area contributed by atoms with Crippen molar-refractivity contribution in [3.05, 3.63) is 43.5 Å². The van der Waals surface area contributed by atoms with Gasteiger partial charge in [-0.3, -0.25) is 0 Å². The lowest BCUT2D eigenvalue weighted by molar-refractivity contribution is 0.264. The van der Waals surface area contributed by atoms with Crippen LogP contribution in [0.5, 0.6) is 11.5 Å². The van der Waals surface area contributed by atoms with Crippen LogP contribution < -0.4 is 9.47 Å². The Balaban J connectivity index is 2.02. The van der Waals surface area contributed by atoms with Gasteiger partial charge in [0.05, 0.1) is 13.2 Å². The smallest absolute Gasteiger partial charge is 0.169 e. The predicted octanol–water partition coefficient (Wildman–Crippen LogP) is 9.12. The third-order valence-electron chi connectivity index (χ3n) is 5.44. The van der Waals surface area contributed by atoms with Crippen LogP contribution in [-0.2, 0) is 0 Å². The molecule has 0 amide bonds. The van der Waals surface area contributed by atoms with Crippen LogP contribution in [0.15, 0.2) is 36.4 Å². The van der Waals surface area contributed by atoms with E-state index in [0.717, 1.165) is 48.3 Å². The Morgan fingerprint density at radius 2 is 1.00 bits per heavy atom. The Hall–Kier alpha value is -0.760. The highest BCUT2D eigenvalue weighted by Gasteiger charge is 2.18. The number of fused-ring (bicyclic) bond motifs is 3. The quantitative estimate of drug-likeness (QED) is 0.113. The summed E-state index contributed by atoms with van der Waals surface area (Å²) in [5.74, 6) is 1.84. The molecule has 0 radical (unpaired) electrons. The standard InChI is InChI=1S/C26H32I2O2/c1-3-5-7-9-15-29-25-21-13-11-19(27)17-23(21)24-18-20(28)12-14-22(24)26(25)30-16-10-8-6-4-2/h11-14,17-18H,3-10,15-16H2,1-2H3. The molecule has 0 saturated carbocycles. The number of rotatable bonds is 12. The van der Waals surface area contributed by atoms with Crippen LogP contribution in [0.3, 0.4) is 0 Å². The number of hydrogen-bond acceptors (Lipinski definition) is 2. The zero-order valence-corrected chi connectivity index (χ0v) is 22.4. The van der Waals surface area contributed by atoms with E-state index in [9.17, 15) is 0 Å².